The maximum atomic E-state index is 13.1. The number of hydrogen-bond acceptors (Lipinski definition) is 7. The summed E-state index contributed by atoms with van der Waals surface area (Å²) < 4.78 is 52.6. The molecular formula is C18H19N3O4S3. The van der Waals surface area contributed by atoms with Crippen molar-refractivity contribution in [3.63, 3.8) is 0 Å². The van der Waals surface area contributed by atoms with Crippen LogP contribution in [0.4, 0.5) is 5.13 Å². The second-order valence-corrected chi connectivity index (χ2v) is 11.5. The number of nitrogens with zero attached hydrogens (tertiary/aromatic N) is 3. The summed E-state index contributed by atoms with van der Waals surface area (Å²) in [5.74, 6) is 0. The highest BCUT2D eigenvalue weighted by Gasteiger charge is 2.32. The lowest BCUT2D eigenvalue weighted by molar-refractivity contribution is 0.383. The maximum absolute atomic E-state index is 13.1. The fourth-order valence-corrected chi connectivity index (χ4v) is 7.27. The summed E-state index contributed by atoms with van der Waals surface area (Å²) in [5.41, 5.74) is 0.930. The van der Waals surface area contributed by atoms with Gasteiger partial charge in [0.2, 0.25) is 10.0 Å². The molecule has 0 unspecified atom stereocenters. The van der Waals surface area contributed by atoms with E-state index in [2.05, 4.69) is 9.88 Å². The van der Waals surface area contributed by atoms with Crippen LogP contribution in [0.2, 0.25) is 0 Å². The van der Waals surface area contributed by atoms with Crippen LogP contribution < -0.4 is 4.90 Å². The van der Waals surface area contributed by atoms with Crippen LogP contribution >= 0.6 is 11.3 Å². The zero-order valence-electron chi connectivity index (χ0n) is 15.1. The zero-order valence-corrected chi connectivity index (χ0v) is 17.6. The summed E-state index contributed by atoms with van der Waals surface area (Å²) in [6, 6.07) is 13.6. The molecule has 28 heavy (non-hydrogen) atoms. The number of sulfone groups is 1. The minimum absolute atomic E-state index is 0.161. The lowest BCUT2D eigenvalue weighted by Crippen LogP contribution is -2.48. The molecule has 2 heterocycles. The van der Waals surface area contributed by atoms with Gasteiger partial charge >= 0.3 is 0 Å². The number of thiazole rings is 1. The van der Waals surface area contributed by atoms with Gasteiger partial charge in [-0.15, -0.1) is 0 Å². The van der Waals surface area contributed by atoms with E-state index in [9.17, 15) is 16.8 Å². The van der Waals surface area contributed by atoms with Crippen LogP contribution in [0, 0.1) is 0 Å². The number of aromatic nitrogens is 1. The van der Waals surface area contributed by atoms with Crippen LogP contribution in [0.3, 0.4) is 0 Å². The van der Waals surface area contributed by atoms with Crippen molar-refractivity contribution in [2.75, 3.05) is 37.3 Å². The van der Waals surface area contributed by atoms with E-state index in [1.54, 1.807) is 17.4 Å². The number of hydrogen-bond donors (Lipinski definition) is 0. The highest BCUT2D eigenvalue weighted by Crippen LogP contribution is 2.30. The number of para-hydroxylation sites is 1. The first kappa shape index (κ1) is 19.3. The Hall–Kier alpha value is -2.01. The fourth-order valence-electron chi connectivity index (χ4n) is 3.22. The Kier molecular flexibility index (Phi) is 4.90. The lowest BCUT2D eigenvalue weighted by atomic mass is 10.3. The quantitative estimate of drug-likeness (QED) is 0.622. The SMILES string of the molecule is CS(=O)(=O)c1ccccc1S(=O)(=O)N1CCN(c2nc3ccccc3s2)CC1. The predicted octanol–water partition coefficient (Wildman–Crippen LogP) is 2.21. The summed E-state index contributed by atoms with van der Waals surface area (Å²) in [7, 11) is -7.54. The zero-order chi connectivity index (χ0) is 19.9. The van der Waals surface area contributed by atoms with Gasteiger partial charge in [-0.3, -0.25) is 0 Å². The summed E-state index contributed by atoms with van der Waals surface area (Å²) >= 11 is 1.58. The van der Waals surface area contributed by atoms with Gasteiger partial charge in [0.05, 0.1) is 15.1 Å². The first-order valence-corrected chi connectivity index (χ1v) is 12.8. The smallest absolute Gasteiger partial charge is 0.244 e. The van der Waals surface area contributed by atoms with Gasteiger partial charge in [0.15, 0.2) is 15.0 Å². The molecule has 3 aromatic rings. The third-order valence-corrected chi connectivity index (χ3v) is 9.00. The molecule has 2 aromatic carbocycles. The van der Waals surface area contributed by atoms with E-state index >= 15 is 0 Å². The summed E-state index contributed by atoms with van der Waals surface area (Å²) in [4.78, 5) is 6.37. The average Bonchev–Trinajstić information content (AvgIpc) is 3.12. The standard InChI is InChI=1S/C18H19N3O4S3/c1-27(22,23)16-8-4-5-9-17(16)28(24,25)21-12-10-20(11-13-21)18-19-14-6-2-3-7-15(14)26-18/h2-9H,10-13H2,1H3. The van der Waals surface area contributed by atoms with Gasteiger partial charge in [-0.1, -0.05) is 35.6 Å². The van der Waals surface area contributed by atoms with Crippen molar-refractivity contribution in [3.8, 4) is 0 Å². The molecule has 7 nitrogen and oxygen atoms in total. The molecule has 1 fully saturated rings. The predicted molar refractivity (Wildman–Crippen MR) is 110 cm³/mol. The first-order chi connectivity index (χ1) is 13.3. The third-order valence-electron chi connectivity index (χ3n) is 4.66. The van der Waals surface area contributed by atoms with E-state index < -0.39 is 19.9 Å². The molecule has 0 amide bonds. The number of sulfonamides is 1. The molecule has 1 aliphatic heterocycles. The molecule has 0 N–H and O–H groups in total. The van der Waals surface area contributed by atoms with Gasteiger partial charge in [-0.25, -0.2) is 21.8 Å². The molecule has 0 spiro atoms. The minimum Gasteiger partial charge on any atom is -0.345 e. The van der Waals surface area contributed by atoms with Gasteiger partial charge < -0.3 is 4.90 Å². The van der Waals surface area contributed by atoms with Crippen molar-refractivity contribution in [2.24, 2.45) is 0 Å². The number of fused-ring (bicyclic) bond motifs is 1. The van der Waals surface area contributed by atoms with E-state index in [1.807, 2.05) is 24.3 Å². The van der Waals surface area contributed by atoms with Crippen LogP contribution in [-0.4, -0.2) is 58.6 Å². The van der Waals surface area contributed by atoms with Crippen LogP contribution in [0.5, 0.6) is 0 Å². The van der Waals surface area contributed by atoms with Gasteiger partial charge in [-0.2, -0.15) is 4.31 Å². The first-order valence-electron chi connectivity index (χ1n) is 8.66. The number of rotatable bonds is 4. The van der Waals surface area contributed by atoms with E-state index in [0.717, 1.165) is 21.6 Å². The van der Waals surface area contributed by atoms with Crippen molar-refractivity contribution < 1.29 is 16.8 Å². The Morgan fingerprint density at radius 1 is 0.857 bits per heavy atom. The summed E-state index contributed by atoms with van der Waals surface area (Å²) in [5, 5.41) is 0.870. The Balaban J connectivity index is 1.56. The number of benzene rings is 2. The Morgan fingerprint density at radius 2 is 1.46 bits per heavy atom. The molecule has 0 saturated carbocycles. The number of anilines is 1. The van der Waals surface area contributed by atoms with Crippen LogP contribution in [-0.2, 0) is 19.9 Å². The highest BCUT2D eigenvalue weighted by molar-refractivity contribution is 7.93. The van der Waals surface area contributed by atoms with Gasteiger partial charge in [0, 0.05) is 32.4 Å². The topological polar surface area (TPSA) is 87.6 Å². The summed E-state index contributed by atoms with van der Waals surface area (Å²) in [6.07, 6.45) is 1.02. The molecule has 0 radical (unpaired) electrons. The van der Waals surface area contributed by atoms with Crippen molar-refractivity contribution in [1.82, 2.24) is 9.29 Å². The second kappa shape index (κ2) is 7.11. The minimum atomic E-state index is -3.90. The van der Waals surface area contributed by atoms with Crippen molar-refractivity contribution in [1.29, 1.82) is 0 Å². The molecule has 1 aliphatic rings. The van der Waals surface area contributed by atoms with Gasteiger partial charge in [-0.05, 0) is 24.3 Å². The highest BCUT2D eigenvalue weighted by atomic mass is 32.2. The molecular weight excluding hydrogens is 418 g/mol. The van der Waals surface area contributed by atoms with Crippen molar-refractivity contribution in [2.45, 2.75) is 9.79 Å². The molecule has 1 aromatic heterocycles. The Labute approximate surface area is 168 Å². The average molecular weight is 438 g/mol. The van der Waals surface area contributed by atoms with E-state index in [4.69, 9.17) is 0 Å². The molecule has 0 bridgehead atoms. The number of piperazine rings is 1. The van der Waals surface area contributed by atoms with E-state index in [-0.39, 0.29) is 22.9 Å². The molecule has 10 heteroatoms. The fraction of sp³-hybridized carbons (Fsp3) is 0.278. The Bertz CT molecular complexity index is 1190. The molecule has 148 valence electrons. The van der Waals surface area contributed by atoms with E-state index in [1.165, 1.54) is 22.5 Å². The van der Waals surface area contributed by atoms with Gasteiger partial charge in [0.1, 0.15) is 4.90 Å². The third kappa shape index (κ3) is 3.52. The van der Waals surface area contributed by atoms with E-state index in [0.29, 0.717) is 13.1 Å². The van der Waals surface area contributed by atoms with Crippen LogP contribution in [0.25, 0.3) is 10.2 Å². The van der Waals surface area contributed by atoms with Crippen molar-refractivity contribution >= 4 is 46.5 Å². The molecule has 1 saturated heterocycles. The summed E-state index contributed by atoms with van der Waals surface area (Å²) in [6.45, 7) is 1.55. The molecule has 0 atom stereocenters. The lowest BCUT2D eigenvalue weighted by Gasteiger charge is -2.34. The van der Waals surface area contributed by atoms with Crippen LogP contribution in [0.15, 0.2) is 58.3 Å². The molecule has 4 rings (SSSR count). The second-order valence-electron chi connectivity index (χ2n) is 6.57. The Morgan fingerprint density at radius 3 is 2.11 bits per heavy atom. The maximum Gasteiger partial charge on any atom is 0.244 e. The monoisotopic (exact) mass is 437 g/mol. The normalized spacial score (nSPS) is 16.5. The largest absolute Gasteiger partial charge is 0.345 e. The van der Waals surface area contributed by atoms with Crippen LogP contribution in [0.1, 0.15) is 0 Å². The van der Waals surface area contributed by atoms with Gasteiger partial charge in [0.25, 0.3) is 0 Å². The van der Waals surface area contributed by atoms with Crippen molar-refractivity contribution in [3.05, 3.63) is 48.5 Å². The molecule has 0 aliphatic carbocycles.